The number of nitrogens with one attached hydrogen (secondary N) is 1. The van der Waals surface area contributed by atoms with Crippen LogP contribution in [-0.4, -0.2) is 32.1 Å². The van der Waals surface area contributed by atoms with Crippen molar-refractivity contribution in [2.24, 2.45) is 0 Å². The van der Waals surface area contributed by atoms with E-state index >= 15 is 0 Å². The minimum atomic E-state index is -0.702. The standard InChI is InChI=1S/C21H16BrNO7/c1-27-20(25)15-7-6-14(11-16(15)21(26)28-2)29-13-5-3-4-12(10-13)23-19(24)17-8-9-18(22)30-17/h3-11H,1-2H3,(H,23,24). The summed E-state index contributed by atoms with van der Waals surface area (Å²) in [5, 5.41) is 2.70. The zero-order valence-corrected chi connectivity index (χ0v) is 17.5. The molecule has 0 saturated carbocycles. The van der Waals surface area contributed by atoms with Gasteiger partial charge in [-0.25, -0.2) is 9.59 Å². The molecule has 0 spiro atoms. The van der Waals surface area contributed by atoms with Crippen molar-refractivity contribution in [3.63, 3.8) is 0 Å². The van der Waals surface area contributed by atoms with E-state index in [9.17, 15) is 14.4 Å². The molecule has 0 bridgehead atoms. The predicted molar refractivity (Wildman–Crippen MR) is 110 cm³/mol. The molecule has 0 radical (unpaired) electrons. The Hall–Kier alpha value is -3.59. The molecule has 0 fully saturated rings. The quantitative estimate of drug-likeness (QED) is 0.519. The van der Waals surface area contributed by atoms with E-state index in [4.69, 9.17) is 13.9 Å². The summed E-state index contributed by atoms with van der Waals surface area (Å²) < 4.78 is 20.8. The SMILES string of the molecule is COC(=O)c1ccc(Oc2cccc(NC(=O)c3ccc(Br)o3)c2)cc1C(=O)OC. The van der Waals surface area contributed by atoms with Gasteiger partial charge in [0.25, 0.3) is 5.91 Å². The number of furan rings is 1. The van der Waals surface area contributed by atoms with Gasteiger partial charge in [-0.15, -0.1) is 0 Å². The number of hydrogen-bond acceptors (Lipinski definition) is 7. The van der Waals surface area contributed by atoms with Crippen LogP contribution in [0.3, 0.4) is 0 Å². The molecule has 0 unspecified atom stereocenters. The third-order valence-electron chi connectivity index (χ3n) is 3.93. The Morgan fingerprint density at radius 3 is 2.23 bits per heavy atom. The van der Waals surface area contributed by atoms with Gasteiger partial charge in [-0.1, -0.05) is 6.07 Å². The highest BCUT2D eigenvalue weighted by molar-refractivity contribution is 9.10. The normalized spacial score (nSPS) is 10.2. The topological polar surface area (TPSA) is 104 Å². The van der Waals surface area contributed by atoms with E-state index < -0.39 is 17.8 Å². The largest absolute Gasteiger partial charge is 0.465 e. The van der Waals surface area contributed by atoms with Gasteiger partial charge < -0.3 is 23.9 Å². The summed E-state index contributed by atoms with van der Waals surface area (Å²) in [6.07, 6.45) is 0. The minimum Gasteiger partial charge on any atom is -0.465 e. The number of methoxy groups -OCH3 is 2. The van der Waals surface area contributed by atoms with Crippen LogP contribution in [0.5, 0.6) is 11.5 Å². The number of benzene rings is 2. The molecule has 2 aromatic carbocycles. The Bertz CT molecular complexity index is 1110. The third kappa shape index (κ3) is 4.87. The Morgan fingerprint density at radius 2 is 1.57 bits per heavy atom. The summed E-state index contributed by atoms with van der Waals surface area (Å²) in [4.78, 5) is 36.1. The lowest BCUT2D eigenvalue weighted by atomic mass is 10.1. The van der Waals surface area contributed by atoms with E-state index in [0.717, 1.165) is 0 Å². The van der Waals surface area contributed by atoms with Gasteiger partial charge in [0.05, 0.1) is 25.3 Å². The second-order valence-electron chi connectivity index (χ2n) is 5.88. The Labute approximate surface area is 179 Å². The number of halogens is 1. The van der Waals surface area contributed by atoms with Gasteiger partial charge in [-0.3, -0.25) is 4.79 Å². The van der Waals surface area contributed by atoms with E-state index in [1.54, 1.807) is 30.3 Å². The van der Waals surface area contributed by atoms with E-state index in [2.05, 4.69) is 26.0 Å². The molecule has 0 atom stereocenters. The molecule has 0 aliphatic carbocycles. The molecule has 8 nitrogen and oxygen atoms in total. The molecule has 1 N–H and O–H groups in total. The molecule has 0 aliphatic rings. The predicted octanol–water partition coefficient (Wildman–Crippen LogP) is 4.66. The fraction of sp³-hybridized carbons (Fsp3) is 0.0952. The van der Waals surface area contributed by atoms with Crippen molar-refractivity contribution in [2.75, 3.05) is 19.5 Å². The molecule has 1 amide bonds. The second kappa shape index (κ2) is 9.27. The van der Waals surface area contributed by atoms with Gasteiger partial charge in [0.1, 0.15) is 11.5 Å². The first kappa shape index (κ1) is 21.1. The smallest absolute Gasteiger partial charge is 0.338 e. The van der Waals surface area contributed by atoms with Crippen LogP contribution < -0.4 is 10.1 Å². The van der Waals surface area contributed by atoms with Crippen molar-refractivity contribution in [1.29, 1.82) is 0 Å². The van der Waals surface area contributed by atoms with Crippen LogP contribution in [0.25, 0.3) is 0 Å². The molecule has 3 rings (SSSR count). The summed E-state index contributed by atoms with van der Waals surface area (Å²) in [6, 6.07) is 14.1. The van der Waals surface area contributed by atoms with Crippen LogP contribution in [0.1, 0.15) is 31.3 Å². The molecule has 154 valence electrons. The van der Waals surface area contributed by atoms with Gasteiger partial charge >= 0.3 is 11.9 Å². The Kier molecular flexibility index (Phi) is 6.53. The highest BCUT2D eigenvalue weighted by atomic mass is 79.9. The van der Waals surface area contributed by atoms with Crippen LogP contribution >= 0.6 is 15.9 Å². The summed E-state index contributed by atoms with van der Waals surface area (Å²) in [6.45, 7) is 0. The van der Waals surface area contributed by atoms with Crippen LogP contribution in [-0.2, 0) is 9.47 Å². The van der Waals surface area contributed by atoms with E-state index in [0.29, 0.717) is 21.9 Å². The molecular weight excluding hydrogens is 458 g/mol. The van der Waals surface area contributed by atoms with Crippen molar-refractivity contribution < 1.29 is 33.0 Å². The zero-order valence-electron chi connectivity index (χ0n) is 15.9. The van der Waals surface area contributed by atoms with Crippen LogP contribution in [0.4, 0.5) is 5.69 Å². The maximum absolute atomic E-state index is 12.2. The summed E-state index contributed by atoms with van der Waals surface area (Å²) in [7, 11) is 2.43. The van der Waals surface area contributed by atoms with Crippen molar-refractivity contribution in [2.45, 2.75) is 0 Å². The lowest BCUT2D eigenvalue weighted by molar-refractivity contribution is 0.0555. The van der Waals surface area contributed by atoms with Crippen LogP contribution in [0, 0.1) is 0 Å². The van der Waals surface area contributed by atoms with Gasteiger partial charge in [0.2, 0.25) is 0 Å². The first-order valence-electron chi connectivity index (χ1n) is 8.56. The average Bonchev–Trinajstić information content (AvgIpc) is 3.19. The number of anilines is 1. The Morgan fingerprint density at radius 1 is 0.867 bits per heavy atom. The summed E-state index contributed by atoms with van der Waals surface area (Å²) >= 11 is 3.15. The molecule has 30 heavy (non-hydrogen) atoms. The molecule has 0 saturated heterocycles. The van der Waals surface area contributed by atoms with Crippen molar-refractivity contribution in [3.8, 4) is 11.5 Å². The number of amides is 1. The molecule has 9 heteroatoms. The van der Waals surface area contributed by atoms with E-state index in [1.165, 1.54) is 38.5 Å². The maximum atomic E-state index is 12.2. The second-order valence-corrected chi connectivity index (χ2v) is 6.66. The number of carbonyl (C=O) groups is 3. The first-order chi connectivity index (χ1) is 14.4. The molecular formula is C21H16BrNO7. The van der Waals surface area contributed by atoms with Crippen LogP contribution in [0.2, 0.25) is 0 Å². The van der Waals surface area contributed by atoms with Gasteiger partial charge in [-0.2, -0.15) is 0 Å². The van der Waals surface area contributed by atoms with Crippen molar-refractivity contribution >= 4 is 39.5 Å². The number of carbonyl (C=O) groups excluding carboxylic acids is 3. The molecule has 3 aromatic rings. The first-order valence-corrected chi connectivity index (χ1v) is 9.36. The highest BCUT2D eigenvalue weighted by Gasteiger charge is 2.19. The third-order valence-corrected chi connectivity index (χ3v) is 4.35. The zero-order chi connectivity index (χ0) is 21.7. The number of esters is 2. The van der Waals surface area contributed by atoms with Crippen molar-refractivity contribution in [1.82, 2.24) is 0 Å². The summed E-state index contributed by atoms with van der Waals surface area (Å²) in [5.74, 6) is -0.957. The fourth-order valence-corrected chi connectivity index (χ4v) is 2.86. The van der Waals surface area contributed by atoms with E-state index in [-0.39, 0.29) is 16.9 Å². The molecule has 1 aromatic heterocycles. The molecule has 1 heterocycles. The van der Waals surface area contributed by atoms with Crippen LogP contribution in [0.15, 0.2) is 63.7 Å². The maximum Gasteiger partial charge on any atom is 0.338 e. The minimum absolute atomic E-state index is 0.00898. The average molecular weight is 474 g/mol. The number of rotatable bonds is 6. The number of ether oxygens (including phenoxy) is 3. The number of hydrogen-bond donors (Lipinski definition) is 1. The lowest BCUT2D eigenvalue weighted by Gasteiger charge is -2.11. The van der Waals surface area contributed by atoms with Gasteiger partial charge in [-0.05, 0) is 58.4 Å². The van der Waals surface area contributed by atoms with Gasteiger partial charge in [0.15, 0.2) is 10.4 Å². The fourth-order valence-electron chi connectivity index (χ4n) is 2.56. The highest BCUT2D eigenvalue weighted by Crippen LogP contribution is 2.27. The Balaban J connectivity index is 1.81. The van der Waals surface area contributed by atoms with Gasteiger partial charge in [0, 0.05) is 11.8 Å². The molecule has 0 aliphatic heterocycles. The van der Waals surface area contributed by atoms with Crippen molar-refractivity contribution in [3.05, 3.63) is 76.2 Å². The van der Waals surface area contributed by atoms with E-state index in [1.807, 2.05) is 0 Å². The lowest BCUT2D eigenvalue weighted by Crippen LogP contribution is -2.12. The summed E-state index contributed by atoms with van der Waals surface area (Å²) in [5.41, 5.74) is 0.543. The monoisotopic (exact) mass is 473 g/mol.